The molecule has 7 nitrogen and oxygen atoms in total. The van der Waals surface area contributed by atoms with E-state index >= 15 is 0 Å². The molecule has 2 fully saturated rings. The number of carbonyl (C=O) groups excluding carboxylic acids is 1. The van der Waals surface area contributed by atoms with Crippen LogP contribution >= 0.6 is 0 Å². The van der Waals surface area contributed by atoms with Crippen molar-refractivity contribution in [2.45, 2.75) is 19.8 Å². The predicted molar refractivity (Wildman–Crippen MR) is 119 cm³/mol. The molecule has 4 rings (SSSR count). The number of piperazine rings is 1. The third-order valence-corrected chi connectivity index (χ3v) is 5.67. The van der Waals surface area contributed by atoms with Crippen LogP contribution in [0.1, 0.15) is 24.1 Å². The molecule has 0 radical (unpaired) electrons. The maximum atomic E-state index is 12.6. The Morgan fingerprint density at radius 1 is 0.967 bits per heavy atom. The van der Waals surface area contributed by atoms with E-state index in [1.165, 1.54) is 12.8 Å². The molecule has 3 heterocycles. The van der Waals surface area contributed by atoms with E-state index in [0.717, 1.165) is 55.0 Å². The summed E-state index contributed by atoms with van der Waals surface area (Å²) in [5.41, 5.74) is 1.97. The van der Waals surface area contributed by atoms with Gasteiger partial charge in [0.25, 0.3) is 0 Å². The van der Waals surface area contributed by atoms with Crippen LogP contribution in [-0.2, 0) is 4.79 Å². The van der Waals surface area contributed by atoms with Crippen molar-refractivity contribution in [3.63, 3.8) is 0 Å². The van der Waals surface area contributed by atoms with Gasteiger partial charge in [-0.2, -0.15) is 4.98 Å². The van der Waals surface area contributed by atoms with Crippen LogP contribution in [0.25, 0.3) is 6.08 Å². The molecule has 1 aromatic carbocycles. The number of hydrogen-bond donors (Lipinski definition) is 0. The van der Waals surface area contributed by atoms with Crippen LogP contribution in [0.15, 0.2) is 36.4 Å². The van der Waals surface area contributed by atoms with Crippen LogP contribution in [0.3, 0.4) is 0 Å². The molecule has 0 aliphatic carbocycles. The Morgan fingerprint density at radius 3 is 2.33 bits per heavy atom. The molecule has 0 bridgehead atoms. The summed E-state index contributed by atoms with van der Waals surface area (Å²) in [4.78, 5) is 28.4. The standard InChI is InChI=1S/C23H29N5O2/c1-18-17-21(26-11-3-4-12-26)25-23(24-18)28-15-13-27(14-16-28)22(29)10-7-19-5-8-20(30-2)9-6-19/h5-10,17H,3-4,11-16H2,1-2H3/b10-7+. The van der Waals surface area contributed by atoms with Crippen LogP contribution in [0.2, 0.25) is 0 Å². The van der Waals surface area contributed by atoms with Gasteiger partial charge in [-0.05, 0) is 43.5 Å². The lowest BCUT2D eigenvalue weighted by molar-refractivity contribution is -0.126. The minimum atomic E-state index is 0.0355. The molecule has 0 atom stereocenters. The number of nitrogens with zero attached hydrogens (tertiary/aromatic N) is 5. The number of hydrogen-bond acceptors (Lipinski definition) is 6. The second-order valence-electron chi connectivity index (χ2n) is 7.78. The van der Waals surface area contributed by atoms with Crippen LogP contribution in [-0.4, -0.2) is 67.2 Å². The minimum absolute atomic E-state index is 0.0355. The van der Waals surface area contributed by atoms with Gasteiger partial charge in [-0.3, -0.25) is 4.79 Å². The fourth-order valence-corrected chi connectivity index (χ4v) is 3.90. The van der Waals surface area contributed by atoms with E-state index in [4.69, 9.17) is 9.72 Å². The van der Waals surface area contributed by atoms with Crippen LogP contribution in [0.4, 0.5) is 11.8 Å². The molecule has 30 heavy (non-hydrogen) atoms. The number of ether oxygens (including phenoxy) is 1. The molecule has 2 aromatic rings. The normalized spacial score (nSPS) is 17.1. The molecule has 0 saturated carbocycles. The number of amides is 1. The summed E-state index contributed by atoms with van der Waals surface area (Å²) in [5.74, 6) is 2.64. The number of anilines is 2. The second kappa shape index (κ2) is 9.15. The summed E-state index contributed by atoms with van der Waals surface area (Å²) >= 11 is 0. The van der Waals surface area contributed by atoms with Crippen molar-refractivity contribution in [3.8, 4) is 5.75 Å². The van der Waals surface area contributed by atoms with E-state index in [9.17, 15) is 4.79 Å². The van der Waals surface area contributed by atoms with Crippen molar-refractivity contribution in [1.82, 2.24) is 14.9 Å². The molecule has 0 spiro atoms. The zero-order chi connectivity index (χ0) is 20.9. The van der Waals surface area contributed by atoms with Crippen molar-refractivity contribution in [2.75, 3.05) is 56.2 Å². The minimum Gasteiger partial charge on any atom is -0.497 e. The Balaban J connectivity index is 1.35. The molecule has 0 unspecified atom stereocenters. The zero-order valence-electron chi connectivity index (χ0n) is 17.8. The Hall–Kier alpha value is -3.09. The highest BCUT2D eigenvalue weighted by Crippen LogP contribution is 2.22. The maximum Gasteiger partial charge on any atom is 0.246 e. The van der Waals surface area contributed by atoms with Gasteiger partial charge in [-0.25, -0.2) is 4.98 Å². The van der Waals surface area contributed by atoms with Gasteiger partial charge in [-0.1, -0.05) is 12.1 Å². The van der Waals surface area contributed by atoms with Gasteiger partial charge in [0.05, 0.1) is 7.11 Å². The smallest absolute Gasteiger partial charge is 0.246 e. The maximum absolute atomic E-state index is 12.6. The van der Waals surface area contributed by atoms with Gasteiger partial charge >= 0.3 is 0 Å². The van der Waals surface area contributed by atoms with E-state index in [-0.39, 0.29) is 5.91 Å². The van der Waals surface area contributed by atoms with Gasteiger partial charge in [0.15, 0.2) is 0 Å². The highest BCUT2D eigenvalue weighted by molar-refractivity contribution is 5.92. The van der Waals surface area contributed by atoms with Crippen molar-refractivity contribution >= 4 is 23.7 Å². The van der Waals surface area contributed by atoms with Gasteiger partial charge in [-0.15, -0.1) is 0 Å². The van der Waals surface area contributed by atoms with E-state index in [2.05, 4.69) is 20.9 Å². The van der Waals surface area contributed by atoms with Crippen molar-refractivity contribution < 1.29 is 9.53 Å². The van der Waals surface area contributed by atoms with Crippen LogP contribution in [0, 0.1) is 6.92 Å². The number of aromatic nitrogens is 2. The molecule has 2 aliphatic heterocycles. The average molecular weight is 408 g/mol. The molecule has 1 amide bonds. The lowest BCUT2D eigenvalue weighted by atomic mass is 10.2. The molecule has 158 valence electrons. The first-order valence-electron chi connectivity index (χ1n) is 10.6. The van der Waals surface area contributed by atoms with Crippen LogP contribution < -0.4 is 14.5 Å². The van der Waals surface area contributed by atoms with Crippen molar-refractivity contribution in [1.29, 1.82) is 0 Å². The Bertz CT molecular complexity index is 898. The Morgan fingerprint density at radius 2 is 1.67 bits per heavy atom. The third-order valence-electron chi connectivity index (χ3n) is 5.67. The highest BCUT2D eigenvalue weighted by atomic mass is 16.5. The van der Waals surface area contributed by atoms with E-state index in [1.807, 2.05) is 42.2 Å². The molecule has 2 saturated heterocycles. The highest BCUT2D eigenvalue weighted by Gasteiger charge is 2.23. The van der Waals surface area contributed by atoms with Crippen molar-refractivity contribution in [3.05, 3.63) is 47.7 Å². The summed E-state index contributed by atoms with van der Waals surface area (Å²) in [7, 11) is 1.64. The average Bonchev–Trinajstić information content (AvgIpc) is 3.33. The van der Waals surface area contributed by atoms with E-state index in [1.54, 1.807) is 13.2 Å². The first kappa shape index (κ1) is 20.2. The first-order valence-corrected chi connectivity index (χ1v) is 10.6. The topological polar surface area (TPSA) is 61.8 Å². The predicted octanol–water partition coefficient (Wildman–Crippen LogP) is 2.76. The number of benzene rings is 1. The fourth-order valence-electron chi connectivity index (χ4n) is 3.90. The monoisotopic (exact) mass is 407 g/mol. The molecule has 1 aromatic heterocycles. The second-order valence-corrected chi connectivity index (χ2v) is 7.78. The van der Waals surface area contributed by atoms with E-state index in [0.29, 0.717) is 13.1 Å². The molecule has 7 heteroatoms. The fraction of sp³-hybridized carbons (Fsp3) is 0.435. The van der Waals surface area contributed by atoms with Gasteiger partial charge < -0.3 is 19.4 Å². The Labute approximate surface area is 178 Å². The summed E-state index contributed by atoms with van der Waals surface area (Å²) < 4.78 is 5.16. The lowest BCUT2D eigenvalue weighted by Crippen LogP contribution is -2.49. The Kier molecular flexibility index (Phi) is 6.16. The molecule has 2 aliphatic rings. The lowest BCUT2D eigenvalue weighted by Gasteiger charge is -2.34. The number of aryl methyl sites for hydroxylation is 1. The van der Waals surface area contributed by atoms with E-state index < -0.39 is 0 Å². The molecular formula is C23H29N5O2. The van der Waals surface area contributed by atoms with Crippen LogP contribution in [0.5, 0.6) is 5.75 Å². The molecular weight excluding hydrogens is 378 g/mol. The largest absolute Gasteiger partial charge is 0.497 e. The summed E-state index contributed by atoms with van der Waals surface area (Å²) in [6, 6.07) is 9.72. The van der Waals surface area contributed by atoms with Gasteiger partial charge in [0, 0.05) is 57.1 Å². The first-order chi connectivity index (χ1) is 14.6. The van der Waals surface area contributed by atoms with Gasteiger partial charge in [0.2, 0.25) is 11.9 Å². The quantitative estimate of drug-likeness (QED) is 0.711. The third kappa shape index (κ3) is 4.72. The SMILES string of the molecule is COc1ccc(/C=C/C(=O)N2CCN(c3nc(C)cc(N4CCCC4)n3)CC2)cc1. The number of carbonyl (C=O) groups is 1. The zero-order valence-corrected chi connectivity index (χ0v) is 17.8. The van der Waals surface area contributed by atoms with Crippen molar-refractivity contribution in [2.24, 2.45) is 0 Å². The summed E-state index contributed by atoms with van der Waals surface area (Å²) in [5, 5.41) is 0. The summed E-state index contributed by atoms with van der Waals surface area (Å²) in [6.07, 6.45) is 5.94. The summed E-state index contributed by atoms with van der Waals surface area (Å²) in [6.45, 7) is 6.98. The number of methoxy groups -OCH3 is 1. The number of rotatable bonds is 5. The van der Waals surface area contributed by atoms with Gasteiger partial charge in [0.1, 0.15) is 11.6 Å². The molecule has 0 N–H and O–H groups in total.